The average molecular weight is 235 g/mol. The molecule has 1 N–H and O–H groups in total. The monoisotopic (exact) mass is 235 g/mol. The van der Waals surface area contributed by atoms with Crippen LogP contribution in [-0.4, -0.2) is 30.9 Å². The van der Waals surface area contributed by atoms with Crippen molar-refractivity contribution in [2.24, 2.45) is 5.92 Å². The zero-order chi connectivity index (χ0) is 12.3. The van der Waals surface area contributed by atoms with Crippen molar-refractivity contribution in [1.29, 1.82) is 0 Å². The second-order valence-electron chi connectivity index (χ2n) is 4.92. The van der Waals surface area contributed by atoms with E-state index in [1.54, 1.807) is 0 Å². The van der Waals surface area contributed by atoms with Crippen molar-refractivity contribution >= 4 is 5.69 Å². The Morgan fingerprint density at radius 2 is 2.18 bits per heavy atom. The van der Waals surface area contributed by atoms with Gasteiger partial charge in [0.05, 0.1) is 11.8 Å². The van der Waals surface area contributed by atoms with E-state index in [1.807, 2.05) is 32.0 Å². The van der Waals surface area contributed by atoms with Gasteiger partial charge in [-0.2, -0.15) is 0 Å². The molecule has 0 amide bonds. The molecule has 1 fully saturated rings. The fourth-order valence-corrected chi connectivity index (χ4v) is 2.27. The molecule has 1 saturated heterocycles. The molecule has 1 aromatic carbocycles. The number of anilines is 1. The van der Waals surface area contributed by atoms with Gasteiger partial charge < -0.3 is 14.7 Å². The summed E-state index contributed by atoms with van der Waals surface area (Å²) >= 11 is 0. The third kappa shape index (κ3) is 2.91. The van der Waals surface area contributed by atoms with E-state index in [1.165, 1.54) is 0 Å². The number of benzene rings is 1. The second kappa shape index (κ2) is 5.41. The molecule has 3 nitrogen and oxygen atoms in total. The van der Waals surface area contributed by atoms with Crippen LogP contribution >= 0.6 is 0 Å². The largest absolute Gasteiger partial charge is 0.489 e. The highest BCUT2D eigenvalue weighted by molar-refractivity contribution is 5.59. The molecular formula is C14H21NO2. The van der Waals surface area contributed by atoms with Crippen molar-refractivity contribution in [2.75, 3.05) is 24.6 Å². The predicted octanol–water partition coefficient (Wildman–Crippen LogP) is 2.29. The molecule has 0 bridgehead atoms. The van der Waals surface area contributed by atoms with Crippen molar-refractivity contribution in [3.63, 3.8) is 0 Å². The Morgan fingerprint density at radius 1 is 1.41 bits per heavy atom. The quantitative estimate of drug-likeness (QED) is 0.869. The zero-order valence-electron chi connectivity index (χ0n) is 10.6. The smallest absolute Gasteiger partial charge is 0.142 e. The van der Waals surface area contributed by atoms with Gasteiger partial charge >= 0.3 is 0 Å². The first-order valence-electron chi connectivity index (χ1n) is 6.32. The summed E-state index contributed by atoms with van der Waals surface area (Å²) in [4.78, 5) is 2.30. The van der Waals surface area contributed by atoms with Gasteiger partial charge in [-0.25, -0.2) is 0 Å². The molecule has 0 radical (unpaired) electrons. The Balaban J connectivity index is 2.14. The lowest BCUT2D eigenvalue weighted by Gasteiger charge is -2.23. The molecule has 2 rings (SSSR count). The maximum absolute atomic E-state index is 9.19. The van der Waals surface area contributed by atoms with Crippen molar-refractivity contribution in [2.45, 2.75) is 26.4 Å². The van der Waals surface area contributed by atoms with Crippen LogP contribution in [0.2, 0.25) is 0 Å². The maximum Gasteiger partial charge on any atom is 0.142 e. The number of ether oxygens (including phenoxy) is 1. The van der Waals surface area contributed by atoms with E-state index >= 15 is 0 Å². The van der Waals surface area contributed by atoms with E-state index in [2.05, 4.69) is 11.0 Å². The first kappa shape index (κ1) is 12.2. The lowest BCUT2D eigenvalue weighted by molar-refractivity contribution is 0.237. The van der Waals surface area contributed by atoms with E-state index in [-0.39, 0.29) is 12.7 Å². The third-order valence-electron chi connectivity index (χ3n) is 3.11. The average Bonchev–Trinajstić information content (AvgIpc) is 2.77. The van der Waals surface area contributed by atoms with Crippen LogP contribution in [0.1, 0.15) is 20.3 Å². The van der Waals surface area contributed by atoms with E-state index in [9.17, 15) is 5.11 Å². The summed E-state index contributed by atoms with van der Waals surface area (Å²) in [5.74, 6) is 1.35. The van der Waals surface area contributed by atoms with Gasteiger partial charge in [0.1, 0.15) is 5.75 Å². The maximum atomic E-state index is 9.19. The molecule has 1 aliphatic rings. The fourth-order valence-electron chi connectivity index (χ4n) is 2.27. The number of hydrogen-bond donors (Lipinski definition) is 1. The molecule has 94 valence electrons. The summed E-state index contributed by atoms with van der Waals surface area (Å²) in [7, 11) is 0. The third-order valence-corrected chi connectivity index (χ3v) is 3.11. The normalized spacial score (nSPS) is 20.0. The summed E-state index contributed by atoms with van der Waals surface area (Å²) in [6, 6.07) is 8.15. The Hall–Kier alpha value is -1.22. The standard InChI is InChI=1S/C14H21NO2/c1-11(2)17-14-6-4-3-5-13(14)15-8-7-12(9-15)10-16/h3-6,11-12,16H,7-10H2,1-2H3. The van der Waals surface area contributed by atoms with Crippen LogP contribution < -0.4 is 9.64 Å². The van der Waals surface area contributed by atoms with Gasteiger partial charge in [-0.15, -0.1) is 0 Å². The SMILES string of the molecule is CC(C)Oc1ccccc1N1CCC(CO)C1. The molecule has 0 spiro atoms. The molecule has 0 aromatic heterocycles. The van der Waals surface area contributed by atoms with Crippen LogP contribution in [0.5, 0.6) is 5.75 Å². The van der Waals surface area contributed by atoms with Crippen LogP contribution in [-0.2, 0) is 0 Å². The summed E-state index contributed by atoms with van der Waals surface area (Å²) in [5.41, 5.74) is 1.15. The van der Waals surface area contributed by atoms with Gasteiger partial charge in [0.2, 0.25) is 0 Å². The molecule has 1 aliphatic heterocycles. The van der Waals surface area contributed by atoms with E-state index in [0.717, 1.165) is 30.9 Å². The summed E-state index contributed by atoms with van der Waals surface area (Å²) < 4.78 is 5.82. The van der Waals surface area contributed by atoms with Crippen molar-refractivity contribution in [3.8, 4) is 5.75 Å². The minimum atomic E-state index is 0.187. The van der Waals surface area contributed by atoms with Crippen molar-refractivity contribution in [1.82, 2.24) is 0 Å². The van der Waals surface area contributed by atoms with Gasteiger partial charge in [-0.05, 0) is 32.4 Å². The molecule has 1 aromatic rings. The number of rotatable bonds is 4. The Morgan fingerprint density at radius 3 is 2.82 bits per heavy atom. The topological polar surface area (TPSA) is 32.7 Å². The lowest BCUT2D eigenvalue weighted by Crippen LogP contribution is -2.22. The van der Waals surface area contributed by atoms with Crippen LogP contribution in [0.4, 0.5) is 5.69 Å². The number of nitrogens with zero attached hydrogens (tertiary/aromatic N) is 1. The van der Waals surface area contributed by atoms with Crippen LogP contribution in [0.3, 0.4) is 0 Å². The Kier molecular flexibility index (Phi) is 3.89. The predicted molar refractivity (Wildman–Crippen MR) is 69.6 cm³/mol. The first-order chi connectivity index (χ1) is 8.20. The molecule has 1 atom stereocenters. The highest BCUT2D eigenvalue weighted by Crippen LogP contribution is 2.32. The van der Waals surface area contributed by atoms with Crippen LogP contribution in [0, 0.1) is 5.92 Å². The van der Waals surface area contributed by atoms with Gasteiger partial charge in [0, 0.05) is 25.6 Å². The zero-order valence-corrected chi connectivity index (χ0v) is 10.6. The number of aliphatic hydroxyl groups is 1. The summed E-state index contributed by atoms with van der Waals surface area (Å²) in [6.07, 6.45) is 1.25. The molecule has 0 aliphatic carbocycles. The highest BCUT2D eigenvalue weighted by Gasteiger charge is 2.23. The highest BCUT2D eigenvalue weighted by atomic mass is 16.5. The van der Waals surface area contributed by atoms with E-state index in [0.29, 0.717) is 5.92 Å². The Labute approximate surface area is 103 Å². The van der Waals surface area contributed by atoms with Gasteiger partial charge in [-0.1, -0.05) is 12.1 Å². The number of hydrogen-bond acceptors (Lipinski definition) is 3. The molecule has 1 unspecified atom stereocenters. The Bertz CT molecular complexity index is 365. The number of aliphatic hydroxyl groups excluding tert-OH is 1. The second-order valence-corrected chi connectivity index (χ2v) is 4.92. The van der Waals surface area contributed by atoms with Crippen LogP contribution in [0.25, 0.3) is 0 Å². The van der Waals surface area contributed by atoms with Gasteiger partial charge in [0.25, 0.3) is 0 Å². The van der Waals surface area contributed by atoms with E-state index < -0.39 is 0 Å². The lowest BCUT2D eigenvalue weighted by atomic mass is 10.1. The van der Waals surface area contributed by atoms with Crippen molar-refractivity contribution in [3.05, 3.63) is 24.3 Å². The molecule has 0 saturated carbocycles. The molecular weight excluding hydrogens is 214 g/mol. The molecule has 1 heterocycles. The fraction of sp³-hybridized carbons (Fsp3) is 0.571. The van der Waals surface area contributed by atoms with Crippen LogP contribution in [0.15, 0.2) is 24.3 Å². The summed E-state index contributed by atoms with van der Waals surface area (Å²) in [6.45, 7) is 6.29. The molecule has 17 heavy (non-hydrogen) atoms. The van der Waals surface area contributed by atoms with Crippen molar-refractivity contribution < 1.29 is 9.84 Å². The summed E-state index contributed by atoms with van der Waals surface area (Å²) in [5, 5.41) is 9.19. The minimum Gasteiger partial charge on any atom is -0.489 e. The van der Waals surface area contributed by atoms with Gasteiger partial charge in [0.15, 0.2) is 0 Å². The molecule has 3 heteroatoms. The first-order valence-corrected chi connectivity index (χ1v) is 6.32. The van der Waals surface area contributed by atoms with Gasteiger partial charge in [-0.3, -0.25) is 0 Å². The minimum absolute atomic E-state index is 0.187. The number of para-hydroxylation sites is 2. The van der Waals surface area contributed by atoms with E-state index in [4.69, 9.17) is 4.74 Å².